The summed E-state index contributed by atoms with van der Waals surface area (Å²) in [6, 6.07) is 27.0. The molecule has 0 aromatic heterocycles. The third-order valence-electron chi connectivity index (χ3n) is 3.78. The molecule has 22 heavy (non-hydrogen) atoms. The molecule has 0 spiro atoms. The number of ether oxygens (including phenoxy) is 1. The lowest BCUT2D eigenvalue weighted by Crippen LogP contribution is -2.08. The predicted molar refractivity (Wildman–Crippen MR) is 92.9 cm³/mol. The molecule has 110 valence electrons. The Morgan fingerprint density at radius 1 is 0.682 bits per heavy atom. The van der Waals surface area contributed by atoms with Crippen LogP contribution < -0.4 is 9.64 Å². The second-order valence-corrected chi connectivity index (χ2v) is 5.18. The molecular weight excluding hydrogens is 270 g/mol. The smallest absolute Gasteiger partial charge is 0.119 e. The summed E-state index contributed by atoms with van der Waals surface area (Å²) in [5.41, 5.74) is 4.67. The van der Waals surface area contributed by atoms with Gasteiger partial charge < -0.3 is 9.64 Å². The molecule has 0 saturated heterocycles. The van der Waals surface area contributed by atoms with Gasteiger partial charge in [-0.3, -0.25) is 0 Å². The zero-order valence-electron chi connectivity index (χ0n) is 12.9. The van der Waals surface area contributed by atoms with Crippen LogP contribution in [-0.4, -0.2) is 14.2 Å². The number of hydrogen-bond acceptors (Lipinski definition) is 2. The lowest BCUT2D eigenvalue weighted by molar-refractivity contribution is 0.415. The van der Waals surface area contributed by atoms with Crippen LogP contribution in [0.4, 0.5) is 11.4 Å². The number of rotatable bonds is 4. The molecule has 0 fully saturated rings. The Kier molecular flexibility index (Phi) is 4.10. The average molecular weight is 289 g/mol. The van der Waals surface area contributed by atoms with Gasteiger partial charge in [-0.2, -0.15) is 0 Å². The topological polar surface area (TPSA) is 12.5 Å². The molecule has 0 heterocycles. The van der Waals surface area contributed by atoms with Crippen LogP contribution in [0.1, 0.15) is 0 Å². The van der Waals surface area contributed by atoms with Gasteiger partial charge >= 0.3 is 0 Å². The van der Waals surface area contributed by atoms with Crippen LogP contribution in [0.15, 0.2) is 78.9 Å². The van der Waals surface area contributed by atoms with Crippen molar-refractivity contribution in [3.63, 3.8) is 0 Å². The van der Waals surface area contributed by atoms with Crippen LogP contribution in [0.5, 0.6) is 5.75 Å². The standard InChI is InChI=1S/C20H19NO/c1-21(18-10-4-3-5-11-18)19-12-6-8-16(14-19)17-9-7-13-20(15-17)22-2/h3-15H,1-2H3. The van der Waals surface area contributed by atoms with Crippen molar-refractivity contribution in [3.05, 3.63) is 78.9 Å². The first-order valence-corrected chi connectivity index (χ1v) is 7.31. The van der Waals surface area contributed by atoms with Crippen LogP contribution >= 0.6 is 0 Å². The molecule has 3 rings (SSSR count). The molecule has 0 N–H and O–H groups in total. The molecule has 3 aromatic rings. The fourth-order valence-electron chi connectivity index (χ4n) is 2.50. The minimum atomic E-state index is 0.874. The quantitative estimate of drug-likeness (QED) is 0.660. The summed E-state index contributed by atoms with van der Waals surface area (Å²) in [6.07, 6.45) is 0. The largest absolute Gasteiger partial charge is 0.497 e. The summed E-state index contributed by atoms with van der Waals surface area (Å²) in [4.78, 5) is 2.18. The van der Waals surface area contributed by atoms with Crippen molar-refractivity contribution in [1.82, 2.24) is 0 Å². The number of anilines is 2. The SMILES string of the molecule is COc1cccc(-c2cccc(N(C)c3ccccc3)c2)c1. The maximum Gasteiger partial charge on any atom is 0.119 e. The number of para-hydroxylation sites is 1. The van der Waals surface area contributed by atoms with E-state index in [1.165, 1.54) is 11.3 Å². The van der Waals surface area contributed by atoms with Crippen molar-refractivity contribution in [2.75, 3.05) is 19.1 Å². The minimum Gasteiger partial charge on any atom is -0.497 e. The van der Waals surface area contributed by atoms with E-state index in [0.29, 0.717) is 0 Å². The fraction of sp³-hybridized carbons (Fsp3) is 0.100. The second kappa shape index (κ2) is 6.35. The van der Waals surface area contributed by atoms with Gasteiger partial charge in [0, 0.05) is 18.4 Å². The van der Waals surface area contributed by atoms with E-state index < -0.39 is 0 Å². The van der Waals surface area contributed by atoms with Crippen LogP contribution in [0.25, 0.3) is 11.1 Å². The summed E-state index contributed by atoms with van der Waals surface area (Å²) in [5.74, 6) is 0.874. The van der Waals surface area contributed by atoms with Gasteiger partial charge in [-0.05, 0) is 47.5 Å². The van der Waals surface area contributed by atoms with Gasteiger partial charge in [-0.25, -0.2) is 0 Å². The Morgan fingerprint density at radius 2 is 1.32 bits per heavy atom. The Bertz CT molecular complexity index is 752. The number of nitrogens with zero attached hydrogens (tertiary/aromatic N) is 1. The summed E-state index contributed by atoms with van der Waals surface area (Å²) in [5, 5.41) is 0. The number of hydrogen-bond donors (Lipinski definition) is 0. The third-order valence-corrected chi connectivity index (χ3v) is 3.78. The van der Waals surface area contributed by atoms with E-state index in [4.69, 9.17) is 4.74 Å². The van der Waals surface area contributed by atoms with Gasteiger partial charge in [0.25, 0.3) is 0 Å². The highest BCUT2D eigenvalue weighted by Crippen LogP contribution is 2.29. The van der Waals surface area contributed by atoms with Crippen molar-refractivity contribution in [3.8, 4) is 16.9 Å². The first-order valence-electron chi connectivity index (χ1n) is 7.31. The van der Waals surface area contributed by atoms with E-state index in [1.807, 2.05) is 18.2 Å². The molecule has 0 bridgehead atoms. The van der Waals surface area contributed by atoms with Gasteiger partial charge in [-0.15, -0.1) is 0 Å². The van der Waals surface area contributed by atoms with Crippen molar-refractivity contribution < 1.29 is 4.74 Å². The lowest BCUT2D eigenvalue weighted by Gasteiger charge is -2.20. The molecule has 3 aromatic carbocycles. The molecule has 0 atom stereocenters. The van der Waals surface area contributed by atoms with Crippen molar-refractivity contribution in [1.29, 1.82) is 0 Å². The Hall–Kier alpha value is -2.74. The summed E-state index contributed by atoms with van der Waals surface area (Å²) in [7, 11) is 3.78. The van der Waals surface area contributed by atoms with E-state index >= 15 is 0 Å². The van der Waals surface area contributed by atoms with E-state index in [1.54, 1.807) is 7.11 Å². The highest BCUT2D eigenvalue weighted by atomic mass is 16.5. The molecule has 0 aliphatic rings. The van der Waals surface area contributed by atoms with Gasteiger partial charge in [0.1, 0.15) is 5.75 Å². The van der Waals surface area contributed by atoms with Gasteiger partial charge in [-0.1, -0.05) is 42.5 Å². The van der Waals surface area contributed by atoms with Crippen LogP contribution in [0, 0.1) is 0 Å². The molecule has 0 saturated carbocycles. The Balaban J connectivity index is 1.95. The predicted octanol–water partition coefficient (Wildman–Crippen LogP) is 5.13. The van der Waals surface area contributed by atoms with E-state index in [0.717, 1.165) is 17.0 Å². The van der Waals surface area contributed by atoms with Crippen LogP contribution in [0.3, 0.4) is 0 Å². The first kappa shape index (κ1) is 14.2. The Labute approximate surface area is 131 Å². The molecule has 0 unspecified atom stereocenters. The lowest BCUT2D eigenvalue weighted by atomic mass is 10.0. The summed E-state index contributed by atoms with van der Waals surface area (Å²) >= 11 is 0. The highest BCUT2D eigenvalue weighted by molar-refractivity contribution is 5.72. The summed E-state index contributed by atoms with van der Waals surface area (Å²) < 4.78 is 5.31. The van der Waals surface area contributed by atoms with Crippen molar-refractivity contribution in [2.45, 2.75) is 0 Å². The zero-order chi connectivity index (χ0) is 15.4. The molecule has 0 amide bonds. The summed E-state index contributed by atoms with van der Waals surface area (Å²) in [6.45, 7) is 0. The van der Waals surface area contributed by atoms with E-state index in [9.17, 15) is 0 Å². The number of methoxy groups -OCH3 is 1. The molecular formula is C20H19NO. The zero-order valence-corrected chi connectivity index (χ0v) is 12.9. The highest BCUT2D eigenvalue weighted by Gasteiger charge is 2.06. The van der Waals surface area contributed by atoms with E-state index in [-0.39, 0.29) is 0 Å². The first-order chi connectivity index (χ1) is 10.8. The average Bonchev–Trinajstić information content (AvgIpc) is 2.62. The normalized spacial score (nSPS) is 10.3. The van der Waals surface area contributed by atoms with Gasteiger partial charge in [0.05, 0.1) is 7.11 Å². The molecule has 0 aliphatic heterocycles. The molecule has 0 radical (unpaired) electrons. The maximum atomic E-state index is 5.31. The van der Waals surface area contributed by atoms with Crippen LogP contribution in [0.2, 0.25) is 0 Å². The monoisotopic (exact) mass is 289 g/mol. The molecule has 2 nitrogen and oxygen atoms in total. The second-order valence-electron chi connectivity index (χ2n) is 5.18. The minimum absolute atomic E-state index is 0.874. The van der Waals surface area contributed by atoms with E-state index in [2.05, 4.69) is 72.6 Å². The molecule has 0 aliphatic carbocycles. The van der Waals surface area contributed by atoms with Crippen molar-refractivity contribution >= 4 is 11.4 Å². The van der Waals surface area contributed by atoms with Gasteiger partial charge in [0.15, 0.2) is 0 Å². The fourth-order valence-corrected chi connectivity index (χ4v) is 2.50. The third kappa shape index (κ3) is 2.96. The molecule has 2 heteroatoms. The number of benzene rings is 3. The Morgan fingerprint density at radius 3 is 2.05 bits per heavy atom. The maximum absolute atomic E-state index is 5.31. The van der Waals surface area contributed by atoms with Crippen LogP contribution in [-0.2, 0) is 0 Å². The van der Waals surface area contributed by atoms with Crippen molar-refractivity contribution in [2.24, 2.45) is 0 Å². The van der Waals surface area contributed by atoms with Gasteiger partial charge in [0.2, 0.25) is 0 Å².